The Hall–Kier alpha value is -1.39. The van der Waals surface area contributed by atoms with Gasteiger partial charge in [0.25, 0.3) is 0 Å². The zero-order valence-corrected chi connectivity index (χ0v) is 10.2. The highest BCUT2D eigenvalue weighted by Crippen LogP contribution is 2.16. The number of benzene rings is 1. The number of hydrogen-bond acceptors (Lipinski definition) is 3. The highest BCUT2D eigenvalue weighted by Gasteiger charge is 2.09. The molecule has 0 amide bonds. The predicted octanol–water partition coefficient (Wildman–Crippen LogP) is 1.57. The lowest BCUT2D eigenvalue weighted by atomic mass is 10.3. The number of hydrogen-bond donors (Lipinski definition) is 1. The molecule has 2 rings (SSSR count). The number of methoxy groups -OCH3 is 1. The Kier molecular flexibility index (Phi) is 4.12. The number of fused-ring (bicyclic) bond motifs is 1. The summed E-state index contributed by atoms with van der Waals surface area (Å²) in [5, 5.41) is 0. The van der Waals surface area contributed by atoms with E-state index in [0.29, 0.717) is 13.2 Å². The third-order valence-electron chi connectivity index (χ3n) is 2.86. The van der Waals surface area contributed by atoms with E-state index in [1.165, 1.54) is 5.52 Å². The van der Waals surface area contributed by atoms with Crippen LogP contribution < -0.4 is 5.73 Å². The van der Waals surface area contributed by atoms with Crippen LogP contribution in [0.3, 0.4) is 0 Å². The number of imidazole rings is 1. The van der Waals surface area contributed by atoms with Crippen molar-refractivity contribution in [2.75, 3.05) is 20.3 Å². The summed E-state index contributed by atoms with van der Waals surface area (Å²) in [4.78, 5) is 4.65. The van der Waals surface area contributed by atoms with Gasteiger partial charge in [0, 0.05) is 20.1 Å². The maximum atomic E-state index is 5.56. The van der Waals surface area contributed by atoms with Crippen LogP contribution in [0.4, 0.5) is 0 Å². The summed E-state index contributed by atoms with van der Waals surface area (Å²) in [6, 6.07) is 8.21. The van der Waals surface area contributed by atoms with E-state index in [2.05, 4.69) is 15.6 Å². The zero-order valence-electron chi connectivity index (χ0n) is 10.2. The van der Waals surface area contributed by atoms with Crippen molar-refractivity contribution in [2.45, 2.75) is 19.4 Å². The molecule has 17 heavy (non-hydrogen) atoms. The number of aryl methyl sites for hydroxylation is 1. The molecule has 0 bridgehead atoms. The maximum Gasteiger partial charge on any atom is 0.109 e. The quantitative estimate of drug-likeness (QED) is 0.824. The number of rotatable bonds is 6. The van der Waals surface area contributed by atoms with E-state index in [1.807, 2.05) is 18.2 Å². The van der Waals surface area contributed by atoms with Crippen LogP contribution in [-0.4, -0.2) is 29.8 Å². The van der Waals surface area contributed by atoms with Crippen LogP contribution in [0.25, 0.3) is 11.0 Å². The first-order chi connectivity index (χ1) is 8.36. The van der Waals surface area contributed by atoms with Crippen LogP contribution >= 0.6 is 0 Å². The molecular formula is C13H19N3O. The van der Waals surface area contributed by atoms with Crippen molar-refractivity contribution in [3.05, 3.63) is 30.1 Å². The molecule has 1 aromatic heterocycles. The van der Waals surface area contributed by atoms with Crippen molar-refractivity contribution in [2.24, 2.45) is 5.73 Å². The van der Waals surface area contributed by atoms with E-state index < -0.39 is 0 Å². The average Bonchev–Trinajstić information content (AvgIpc) is 2.71. The van der Waals surface area contributed by atoms with Gasteiger partial charge in [0.2, 0.25) is 0 Å². The lowest BCUT2D eigenvalue weighted by molar-refractivity contribution is 0.187. The topological polar surface area (TPSA) is 53.1 Å². The van der Waals surface area contributed by atoms with Crippen molar-refractivity contribution >= 4 is 11.0 Å². The fraction of sp³-hybridized carbons (Fsp3) is 0.462. The van der Waals surface area contributed by atoms with Gasteiger partial charge in [-0.25, -0.2) is 4.98 Å². The Morgan fingerprint density at radius 3 is 2.94 bits per heavy atom. The minimum Gasteiger partial charge on any atom is -0.383 e. The molecule has 0 atom stereocenters. The third-order valence-corrected chi connectivity index (χ3v) is 2.86. The number of aromatic nitrogens is 2. The van der Waals surface area contributed by atoms with Gasteiger partial charge in [-0.15, -0.1) is 0 Å². The largest absolute Gasteiger partial charge is 0.383 e. The van der Waals surface area contributed by atoms with E-state index in [0.717, 1.165) is 30.7 Å². The zero-order chi connectivity index (χ0) is 12.1. The molecule has 1 aromatic carbocycles. The van der Waals surface area contributed by atoms with Gasteiger partial charge in [0.1, 0.15) is 5.82 Å². The molecule has 4 heteroatoms. The first-order valence-electron chi connectivity index (χ1n) is 6.00. The number of ether oxygens (including phenoxy) is 1. The van der Waals surface area contributed by atoms with Gasteiger partial charge in [-0.2, -0.15) is 0 Å². The Labute approximate surface area is 101 Å². The molecule has 92 valence electrons. The fourth-order valence-corrected chi connectivity index (χ4v) is 2.01. The van der Waals surface area contributed by atoms with Crippen LogP contribution in [0, 0.1) is 0 Å². The maximum absolute atomic E-state index is 5.56. The minimum absolute atomic E-state index is 0.702. The summed E-state index contributed by atoms with van der Waals surface area (Å²) in [6.45, 7) is 2.25. The molecule has 0 saturated heterocycles. The Morgan fingerprint density at radius 1 is 1.35 bits per heavy atom. The summed E-state index contributed by atoms with van der Waals surface area (Å²) in [6.07, 6.45) is 1.89. The molecule has 0 radical (unpaired) electrons. The second kappa shape index (κ2) is 5.80. The molecule has 0 unspecified atom stereocenters. The summed E-state index contributed by atoms with van der Waals surface area (Å²) in [7, 11) is 1.72. The van der Waals surface area contributed by atoms with Crippen molar-refractivity contribution in [1.82, 2.24) is 9.55 Å². The van der Waals surface area contributed by atoms with Crippen LogP contribution in [0.15, 0.2) is 24.3 Å². The first-order valence-corrected chi connectivity index (χ1v) is 6.00. The molecule has 0 aliphatic carbocycles. The van der Waals surface area contributed by atoms with Gasteiger partial charge >= 0.3 is 0 Å². The second-order valence-corrected chi connectivity index (χ2v) is 4.05. The molecule has 1 heterocycles. The van der Waals surface area contributed by atoms with E-state index in [1.54, 1.807) is 7.11 Å². The molecule has 2 N–H and O–H groups in total. The SMILES string of the molecule is COCCn1c(CCCN)nc2ccccc21. The summed E-state index contributed by atoms with van der Waals surface area (Å²) < 4.78 is 7.38. The van der Waals surface area contributed by atoms with Crippen molar-refractivity contribution < 1.29 is 4.74 Å². The fourth-order valence-electron chi connectivity index (χ4n) is 2.01. The predicted molar refractivity (Wildman–Crippen MR) is 69.0 cm³/mol. The first kappa shape index (κ1) is 12.1. The molecule has 4 nitrogen and oxygen atoms in total. The van der Waals surface area contributed by atoms with Crippen LogP contribution in [0.2, 0.25) is 0 Å². The van der Waals surface area contributed by atoms with Gasteiger partial charge < -0.3 is 15.0 Å². The van der Waals surface area contributed by atoms with E-state index in [4.69, 9.17) is 10.5 Å². The standard InChI is InChI=1S/C13H19N3O/c1-17-10-9-16-12-6-3-2-5-11(12)15-13(16)7-4-8-14/h2-3,5-6H,4,7-10,14H2,1H3. The number of nitrogens with zero attached hydrogens (tertiary/aromatic N) is 2. The number of nitrogens with two attached hydrogens (primary N) is 1. The van der Waals surface area contributed by atoms with Crippen LogP contribution in [-0.2, 0) is 17.7 Å². The highest BCUT2D eigenvalue weighted by molar-refractivity contribution is 5.75. The van der Waals surface area contributed by atoms with Crippen LogP contribution in [0.5, 0.6) is 0 Å². The average molecular weight is 233 g/mol. The molecular weight excluding hydrogens is 214 g/mol. The third kappa shape index (κ3) is 2.65. The molecule has 0 fully saturated rings. The van der Waals surface area contributed by atoms with Gasteiger partial charge in [-0.1, -0.05) is 12.1 Å². The van der Waals surface area contributed by atoms with E-state index >= 15 is 0 Å². The van der Waals surface area contributed by atoms with Crippen molar-refractivity contribution in [1.29, 1.82) is 0 Å². The molecule has 0 aliphatic rings. The second-order valence-electron chi connectivity index (χ2n) is 4.05. The minimum atomic E-state index is 0.702. The normalized spacial score (nSPS) is 11.2. The summed E-state index contributed by atoms with van der Waals surface area (Å²) >= 11 is 0. The van der Waals surface area contributed by atoms with Gasteiger partial charge in [0.15, 0.2) is 0 Å². The van der Waals surface area contributed by atoms with Gasteiger partial charge in [-0.05, 0) is 25.1 Å². The molecule has 0 spiro atoms. The van der Waals surface area contributed by atoms with Crippen LogP contribution in [0.1, 0.15) is 12.2 Å². The van der Waals surface area contributed by atoms with E-state index in [-0.39, 0.29) is 0 Å². The summed E-state index contributed by atoms with van der Waals surface area (Å²) in [5.41, 5.74) is 7.79. The van der Waals surface area contributed by atoms with Crippen molar-refractivity contribution in [3.8, 4) is 0 Å². The molecule has 0 saturated carbocycles. The summed E-state index contributed by atoms with van der Waals surface area (Å²) in [5.74, 6) is 1.11. The number of para-hydroxylation sites is 2. The highest BCUT2D eigenvalue weighted by atomic mass is 16.5. The van der Waals surface area contributed by atoms with Gasteiger partial charge in [-0.3, -0.25) is 0 Å². The lowest BCUT2D eigenvalue weighted by Gasteiger charge is -2.07. The van der Waals surface area contributed by atoms with Crippen molar-refractivity contribution in [3.63, 3.8) is 0 Å². The van der Waals surface area contributed by atoms with E-state index in [9.17, 15) is 0 Å². The molecule has 0 aliphatic heterocycles. The lowest BCUT2D eigenvalue weighted by Crippen LogP contribution is -2.10. The smallest absolute Gasteiger partial charge is 0.109 e. The molecule has 2 aromatic rings. The monoisotopic (exact) mass is 233 g/mol. The Bertz CT molecular complexity index is 478. The Balaban J connectivity index is 2.34. The van der Waals surface area contributed by atoms with Gasteiger partial charge in [0.05, 0.1) is 17.6 Å². The Morgan fingerprint density at radius 2 is 2.18 bits per heavy atom.